The summed E-state index contributed by atoms with van der Waals surface area (Å²) in [5, 5.41) is 8.30. The molecular formula is C9H17CoNO2-2. The summed E-state index contributed by atoms with van der Waals surface area (Å²) in [5.41, 5.74) is -0.222. The standard InChI is InChI=1S/C6H10N.C3H7O.Co.O/c1-4-6(2,3)5-7;1-3-4-2;;/h1,4H2,2-3H3;1,3H2,2H3;;/q2*-1;;. The van der Waals surface area contributed by atoms with Crippen molar-refractivity contribution in [2.45, 2.75) is 20.3 Å². The van der Waals surface area contributed by atoms with Gasteiger partial charge in [-0.3, -0.25) is 0 Å². The minimum absolute atomic E-state index is 0.222. The van der Waals surface area contributed by atoms with Gasteiger partial charge >= 0.3 is 19.5 Å². The average Bonchev–Trinajstić information content (AvgIpc) is 2.21. The molecule has 0 atom stereocenters. The van der Waals surface area contributed by atoms with Crippen molar-refractivity contribution in [3.8, 4) is 6.07 Å². The van der Waals surface area contributed by atoms with Crippen LogP contribution in [0.2, 0.25) is 0 Å². The molecule has 0 spiro atoms. The second-order valence-electron chi connectivity index (χ2n) is 2.74. The van der Waals surface area contributed by atoms with Gasteiger partial charge in [0.05, 0.1) is 6.07 Å². The van der Waals surface area contributed by atoms with Crippen molar-refractivity contribution in [3.05, 3.63) is 13.8 Å². The molecule has 0 heterocycles. The number of hydrogen-bond donors (Lipinski definition) is 0. The molecule has 0 aliphatic heterocycles. The average molecular weight is 230 g/mol. The molecule has 3 nitrogen and oxygen atoms in total. The first-order valence-electron chi connectivity index (χ1n) is 3.66. The van der Waals surface area contributed by atoms with Crippen LogP contribution < -0.4 is 0 Å². The number of nitriles is 1. The Bertz CT molecular complexity index is 130. The van der Waals surface area contributed by atoms with Crippen molar-refractivity contribution < 1.29 is 24.3 Å². The van der Waals surface area contributed by atoms with E-state index in [2.05, 4.69) is 40.3 Å². The zero-order valence-electron chi connectivity index (χ0n) is 8.43. The third kappa shape index (κ3) is 24.5. The summed E-state index contributed by atoms with van der Waals surface area (Å²) < 4.78 is 12.4. The maximum atomic E-state index is 8.30. The molecule has 0 aromatic heterocycles. The van der Waals surface area contributed by atoms with Crippen LogP contribution in [0.25, 0.3) is 0 Å². The Morgan fingerprint density at radius 3 is 1.77 bits per heavy atom. The van der Waals surface area contributed by atoms with Crippen LogP contribution >= 0.6 is 0 Å². The van der Waals surface area contributed by atoms with Gasteiger partial charge in [-0.15, -0.1) is 0 Å². The van der Waals surface area contributed by atoms with Crippen molar-refractivity contribution in [1.29, 1.82) is 5.26 Å². The van der Waals surface area contributed by atoms with Crippen LogP contribution in [-0.2, 0) is 24.3 Å². The van der Waals surface area contributed by atoms with Crippen LogP contribution in [0.15, 0.2) is 0 Å². The Morgan fingerprint density at radius 2 is 1.77 bits per heavy atom. The fraction of sp³-hybridized carbons (Fsp3) is 0.667. The Balaban J connectivity index is -0.000000142. The zero-order valence-corrected chi connectivity index (χ0v) is 9.47. The van der Waals surface area contributed by atoms with E-state index in [-0.39, 0.29) is 5.41 Å². The van der Waals surface area contributed by atoms with Crippen molar-refractivity contribution >= 4 is 0 Å². The Morgan fingerprint density at radius 1 is 1.46 bits per heavy atom. The molecule has 0 aliphatic rings. The molecular weight excluding hydrogens is 213 g/mol. The molecule has 0 fully saturated rings. The zero-order chi connectivity index (χ0) is 11.3. The van der Waals surface area contributed by atoms with E-state index in [9.17, 15) is 0 Å². The molecule has 0 unspecified atom stereocenters. The molecule has 81 valence electrons. The number of methoxy groups -OCH3 is 1. The van der Waals surface area contributed by atoms with Gasteiger partial charge in [-0.1, -0.05) is 6.61 Å². The van der Waals surface area contributed by atoms with E-state index < -0.39 is 0 Å². The second-order valence-corrected chi connectivity index (χ2v) is 2.74. The summed E-state index contributed by atoms with van der Waals surface area (Å²) in [7, 11) is 1.62. The normalized spacial score (nSPS) is 8.38. The van der Waals surface area contributed by atoms with Crippen molar-refractivity contribution in [2.75, 3.05) is 13.7 Å². The van der Waals surface area contributed by atoms with Crippen LogP contribution in [0.1, 0.15) is 20.3 Å². The minimum atomic E-state index is -0.222. The van der Waals surface area contributed by atoms with Crippen molar-refractivity contribution in [2.24, 2.45) is 5.41 Å². The van der Waals surface area contributed by atoms with Crippen molar-refractivity contribution in [3.63, 3.8) is 0 Å². The molecule has 0 aliphatic carbocycles. The van der Waals surface area contributed by atoms with E-state index >= 15 is 0 Å². The molecule has 0 saturated heterocycles. The second kappa shape index (κ2) is 14.3. The molecule has 0 bridgehead atoms. The predicted molar refractivity (Wildman–Crippen MR) is 47.3 cm³/mol. The van der Waals surface area contributed by atoms with E-state index in [0.29, 0.717) is 13.0 Å². The number of rotatable bonds is 2. The van der Waals surface area contributed by atoms with E-state index in [4.69, 9.17) is 9.13 Å². The van der Waals surface area contributed by atoms with Gasteiger partial charge in [0.15, 0.2) is 0 Å². The topological polar surface area (TPSA) is 50.1 Å². The molecule has 0 aromatic carbocycles. The van der Waals surface area contributed by atoms with Crippen LogP contribution in [0.3, 0.4) is 0 Å². The maximum absolute atomic E-state index is 8.30. The summed E-state index contributed by atoms with van der Waals surface area (Å²) >= 11 is 2.31. The molecule has 13 heavy (non-hydrogen) atoms. The van der Waals surface area contributed by atoms with E-state index in [0.717, 1.165) is 0 Å². The summed E-state index contributed by atoms with van der Waals surface area (Å²) in [6, 6.07) is 2.13. The Hall–Kier alpha value is -0.244. The van der Waals surface area contributed by atoms with Gasteiger partial charge < -0.3 is 18.6 Å². The van der Waals surface area contributed by atoms with E-state index in [1.54, 1.807) is 7.11 Å². The third-order valence-corrected chi connectivity index (χ3v) is 1.13. The van der Waals surface area contributed by atoms with Crippen molar-refractivity contribution in [1.82, 2.24) is 0 Å². The quantitative estimate of drug-likeness (QED) is 0.682. The van der Waals surface area contributed by atoms with E-state index in [1.807, 2.05) is 13.8 Å². The first-order valence-corrected chi connectivity index (χ1v) is 4.09. The van der Waals surface area contributed by atoms with Crippen LogP contribution in [0.4, 0.5) is 0 Å². The van der Waals surface area contributed by atoms with Gasteiger partial charge in [0.25, 0.3) is 0 Å². The molecule has 0 N–H and O–H groups in total. The van der Waals surface area contributed by atoms with Crippen LogP contribution in [-0.4, -0.2) is 13.7 Å². The fourth-order valence-corrected chi connectivity index (χ4v) is 0.0559. The fourth-order valence-electron chi connectivity index (χ4n) is 0.0559. The monoisotopic (exact) mass is 230 g/mol. The van der Waals surface area contributed by atoms with Gasteiger partial charge in [0.1, 0.15) is 0 Å². The molecule has 0 radical (unpaired) electrons. The SMILES string of the molecule is [CH2-]CC(C)(C)C#N.[CH2-]COC.[O]=[Co]. The number of hydrogen-bond acceptors (Lipinski definition) is 3. The van der Waals surface area contributed by atoms with Gasteiger partial charge in [-0.05, 0) is 13.8 Å². The molecule has 0 rings (SSSR count). The summed E-state index contributed by atoms with van der Waals surface area (Å²) in [6.07, 6.45) is 0.684. The summed E-state index contributed by atoms with van der Waals surface area (Å²) in [4.78, 5) is 0. The van der Waals surface area contributed by atoms with Gasteiger partial charge in [-0.25, -0.2) is 0 Å². The Labute approximate surface area is 89.2 Å². The first-order chi connectivity index (χ1) is 6.04. The Kier molecular flexibility index (Phi) is 20.4. The molecule has 0 saturated carbocycles. The molecule has 0 amide bonds. The predicted octanol–water partition coefficient (Wildman–Crippen LogP) is 2.11. The summed E-state index contributed by atoms with van der Waals surface area (Å²) in [6.45, 7) is 11.3. The van der Waals surface area contributed by atoms with Crippen LogP contribution in [0, 0.1) is 30.6 Å². The van der Waals surface area contributed by atoms with E-state index in [1.165, 1.54) is 0 Å². The third-order valence-electron chi connectivity index (χ3n) is 1.13. The summed E-state index contributed by atoms with van der Waals surface area (Å²) in [5.74, 6) is 0. The van der Waals surface area contributed by atoms with Gasteiger partial charge in [0.2, 0.25) is 0 Å². The number of ether oxygens (including phenoxy) is 1. The number of nitrogens with zero attached hydrogens (tertiary/aromatic N) is 1. The van der Waals surface area contributed by atoms with Crippen LogP contribution in [0.5, 0.6) is 0 Å². The molecule has 0 aromatic rings. The van der Waals surface area contributed by atoms with Gasteiger partial charge in [0, 0.05) is 12.5 Å². The first kappa shape index (κ1) is 18.5. The van der Waals surface area contributed by atoms with Gasteiger partial charge in [-0.2, -0.15) is 11.7 Å². The molecule has 4 heteroatoms.